The molecule has 2 rings (SSSR count). The Morgan fingerprint density at radius 1 is 0.850 bits per heavy atom. The van der Waals surface area contributed by atoms with E-state index in [0.717, 1.165) is 24.4 Å². The van der Waals surface area contributed by atoms with E-state index in [1.807, 2.05) is 0 Å². The summed E-state index contributed by atoms with van der Waals surface area (Å²) in [5.41, 5.74) is 0. The lowest BCUT2D eigenvalue weighted by atomic mass is 9.70. The van der Waals surface area contributed by atoms with Gasteiger partial charge in [-0.3, -0.25) is 0 Å². The van der Waals surface area contributed by atoms with Crippen LogP contribution in [-0.2, 0) is 4.74 Å². The normalized spacial score (nSPS) is 35.5. The quantitative estimate of drug-likeness (QED) is 0.562. The fourth-order valence-electron chi connectivity index (χ4n) is 4.23. The molecule has 2 saturated carbocycles. The molecule has 116 valence electrons. The van der Waals surface area contributed by atoms with Gasteiger partial charge in [-0.1, -0.05) is 25.5 Å². The molecule has 0 heterocycles. The van der Waals surface area contributed by atoms with Crippen LogP contribution >= 0.6 is 0 Å². The van der Waals surface area contributed by atoms with Crippen molar-refractivity contribution >= 4 is 0 Å². The molecule has 0 bridgehead atoms. The van der Waals surface area contributed by atoms with Gasteiger partial charge in [0, 0.05) is 6.61 Å². The second kappa shape index (κ2) is 8.87. The molecule has 0 spiro atoms. The molecule has 0 aromatic rings. The number of hydrogen-bond acceptors (Lipinski definition) is 1. The fraction of sp³-hybridized carbons (Fsp3) is 0.895. The second-order valence-electron chi connectivity index (χ2n) is 6.88. The Morgan fingerprint density at radius 2 is 1.45 bits per heavy atom. The van der Waals surface area contributed by atoms with Crippen molar-refractivity contribution in [3.63, 3.8) is 0 Å². The predicted octanol–water partition coefficient (Wildman–Crippen LogP) is 5.74. The highest BCUT2D eigenvalue weighted by atomic mass is 16.5. The summed E-state index contributed by atoms with van der Waals surface area (Å²) in [4.78, 5) is 0. The molecule has 0 N–H and O–H groups in total. The van der Waals surface area contributed by atoms with E-state index >= 15 is 0 Å². The van der Waals surface area contributed by atoms with Gasteiger partial charge >= 0.3 is 0 Å². The molecule has 1 heteroatoms. The third-order valence-corrected chi connectivity index (χ3v) is 5.47. The largest absolute Gasteiger partial charge is 0.379 e. The maximum atomic E-state index is 5.78. The van der Waals surface area contributed by atoms with Crippen LogP contribution in [0.2, 0.25) is 0 Å². The van der Waals surface area contributed by atoms with Crippen LogP contribution in [0.25, 0.3) is 0 Å². The van der Waals surface area contributed by atoms with Crippen molar-refractivity contribution in [1.29, 1.82) is 0 Å². The Hall–Kier alpha value is -0.300. The summed E-state index contributed by atoms with van der Waals surface area (Å²) in [7, 11) is 0. The Balaban J connectivity index is 1.67. The van der Waals surface area contributed by atoms with E-state index in [1.54, 1.807) is 0 Å². The monoisotopic (exact) mass is 278 g/mol. The first-order valence-electron chi connectivity index (χ1n) is 9.11. The van der Waals surface area contributed by atoms with Crippen molar-refractivity contribution < 1.29 is 4.74 Å². The predicted molar refractivity (Wildman–Crippen MR) is 86.9 cm³/mol. The minimum Gasteiger partial charge on any atom is -0.379 e. The summed E-state index contributed by atoms with van der Waals surface area (Å²) in [5, 5.41) is 0. The maximum absolute atomic E-state index is 5.78. The smallest absolute Gasteiger partial charge is 0.0575 e. The van der Waals surface area contributed by atoms with Crippen LogP contribution in [0.15, 0.2) is 12.2 Å². The van der Waals surface area contributed by atoms with Crippen LogP contribution in [0, 0.1) is 17.8 Å². The molecule has 0 unspecified atom stereocenters. The molecule has 20 heavy (non-hydrogen) atoms. The first kappa shape index (κ1) is 16.1. The first-order chi connectivity index (χ1) is 9.83. The van der Waals surface area contributed by atoms with Crippen LogP contribution in [0.4, 0.5) is 0 Å². The molecule has 0 amide bonds. The van der Waals surface area contributed by atoms with Crippen molar-refractivity contribution in [3.8, 4) is 0 Å². The fourth-order valence-corrected chi connectivity index (χ4v) is 4.23. The van der Waals surface area contributed by atoms with E-state index in [-0.39, 0.29) is 0 Å². The Bertz CT molecular complexity index is 267. The molecule has 0 radical (unpaired) electrons. The third-order valence-electron chi connectivity index (χ3n) is 5.47. The topological polar surface area (TPSA) is 9.23 Å². The number of allylic oxidation sites excluding steroid dienone is 2. The minimum absolute atomic E-state index is 0.574. The van der Waals surface area contributed by atoms with Gasteiger partial charge in [0.2, 0.25) is 0 Å². The Morgan fingerprint density at radius 3 is 2.00 bits per heavy atom. The van der Waals surface area contributed by atoms with E-state index < -0.39 is 0 Å². The summed E-state index contributed by atoms with van der Waals surface area (Å²) >= 11 is 0. The van der Waals surface area contributed by atoms with Gasteiger partial charge in [0.25, 0.3) is 0 Å². The SMILES string of the molecule is CCC/C=C/[C@H]1CC[C@H]([C@H]2CC[C@H](OCC)CC2)CC1. The van der Waals surface area contributed by atoms with Crippen LogP contribution < -0.4 is 0 Å². The minimum atomic E-state index is 0.574. The average Bonchev–Trinajstić information content (AvgIpc) is 2.49. The van der Waals surface area contributed by atoms with E-state index in [0.29, 0.717) is 6.10 Å². The summed E-state index contributed by atoms with van der Waals surface area (Å²) in [6.07, 6.45) is 19.4. The van der Waals surface area contributed by atoms with Gasteiger partial charge in [0.1, 0.15) is 0 Å². The lowest BCUT2D eigenvalue weighted by molar-refractivity contribution is 0.0142. The Kier molecular flexibility index (Phi) is 7.13. The van der Waals surface area contributed by atoms with Gasteiger partial charge in [-0.15, -0.1) is 0 Å². The van der Waals surface area contributed by atoms with Gasteiger partial charge in [-0.05, 0) is 82.5 Å². The van der Waals surface area contributed by atoms with E-state index in [1.165, 1.54) is 64.2 Å². The van der Waals surface area contributed by atoms with Crippen LogP contribution in [0.5, 0.6) is 0 Å². The van der Waals surface area contributed by atoms with Crippen LogP contribution in [0.1, 0.15) is 78.1 Å². The third kappa shape index (κ3) is 4.91. The molecule has 2 fully saturated rings. The van der Waals surface area contributed by atoms with Crippen molar-refractivity contribution in [1.82, 2.24) is 0 Å². The number of hydrogen-bond donors (Lipinski definition) is 0. The van der Waals surface area contributed by atoms with Gasteiger partial charge in [-0.25, -0.2) is 0 Å². The molecule has 0 atom stereocenters. The summed E-state index contributed by atoms with van der Waals surface area (Å²) < 4.78 is 5.78. The Labute approximate surface area is 126 Å². The second-order valence-corrected chi connectivity index (χ2v) is 6.88. The molecular weight excluding hydrogens is 244 g/mol. The van der Waals surface area contributed by atoms with Crippen molar-refractivity contribution in [2.45, 2.75) is 84.2 Å². The standard InChI is InChI=1S/C19H34O/c1-3-5-6-7-16-8-10-17(11-9-16)18-12-14-19(15-13-18)20-4-2/h6-7,16-19H,3-5,8-15H2,1-2H3/b7-6+/t16-,17-,18-,19-. The summed E-state index contributed by atoms with van der Waals surface area (Å²) in [5.74, 6) is 2.92. The van der Waals surface area contributed by atoms with E-state index in [9.17, 15) is 0 Å². The zero-order chi connectivity index (χ0) is 14.2. The van der Waals surface area contributed by atoms with Gasteiger partial charge in [0.05, 0.1) is 6.10 Å². The molecule has 1 nitrogen and oxygen atoms in total. The molecule has 0 aromatic heterocycles. The molecule has 0 aliphatic heterocycles. The van der Waals surface area contributed by atoms with Gasteiger partial charge < -0.3 is 4.74 Å². The van der Waals surface area contributed by atoms with Gasteiger partial charge in [0.15, 0.2) is 0 Å². The summed E-state index contributed by atoms with van der Waals surface area (Å²) in [6, 6.07) is 0. The average molecular weight is 278 g/mol. The molecule has 2 aliphatic rings. The van der Waals surface area contributed by atoms with Crippen molar-refractivity contribution in [2.24, 2.45) is 17.8 Å². The van der Waals surface area contributed by atoms with Crippen LogP contribution in [-0.4, -0.2) is 12.7 Å². The lowest BCUT2D eigenvalue weighted by Crippen LogP contribution is -2.28. The number of unbranched alkanes of at least 4 members (excludes halogenated alkanes) is 1. The van der Waals surface area contributed by atoms with E-state index in [2.05, 4.69) is 26.0 Å². The highest BCUT2D eigenvalue weighted by Gasteiger charge is 2.30. The van der Waals surface area contributed by atoms with Crippen molar-refractivity contribution in [3.05, 3.63) is 12.2 Å². The van der Waals surface area contributed by atoms with Crippen LogP contribution in [0.3, 0.4) is 0 Å². The molecule has 0 saturated heterocycles. The zero-order valence-electron chi connectivity index (χ0n) is 13.7. The highest BCUT2D eigenvalue weighted by Crippen LogP contribution is 2.40. The zero-order valence-corrected chi connectivity index (χ0v) is 13.7. The molecular formula is C19H34O. The van der Waals surface area contributed by atoms with E-state index in [4.69, 9.17) is 4.74 Å². The summed E-state index contributed by atoms with van der Waals surface area (Å²) in [6.45, 7) is 5.28. The highest BCUT2D eigenvalue weighted by molar-refractivity contribution is 4.92. The lowest BCUT2D eigenvalue weighted by Gasteiger charge is -2.37. The maximum Gasteiger partial charge on any atom is 0.0575 e. The van der Waals surface area contributed by atoms with Crippen molar-refractivity contribution in [2.75, 3.05) is 6.61 Å². The molecule has 0 aromatic carbocycles. The number of ether oxygens (including phenoxy) is 1. The van der Waals surface area contributed by atoms with Gasteiger partial charge in [-0.2, -0.15) is 0 Å². The first-order valence-corrected chi connectivity index (χ1v) is 9.11. The number of rotatable bonds is 6. The molecule has 2 aliphatic carbocycles.